The molecule has 0 bridgehead atoms. The zero-order valence-electron chi connectivity index (χ0n) is 8.61. The van der Waals surface area contributed by atoms with Crippen molar-refractivity contribution in [1.82, 2.24) is 0 Å². The van der Waals surface area contributed by atoms with Gasteiger partial charge in [-0.2, -0.15) is 0 Å². The normalized spacial score (nSPS) is 6.56. The summed E-state index contributed by atoms with van der Waals surface area (Å²) in [6.45, 7) is 0. The van der Waals surface area contributed by atoms with Crippen LogP contribution in [0.1, 0.15) is 4.28 Å². The summed E-state index contributed by atoms with van der Waals surface area (Å²) in [5.41, 5.74) is 0. The fraction of sp³-hybridized carbons (Fsp3) is 0. The van der Waals surface area contributed by atoms with Crippen LogP contribution in [0.2, 0.25) is 0 Å². The Hall–Kier alpha value is 3.84. The Bertz CT molecular complexity index is 71.7. The van der Waals surface area contributed by atoms with Crippen LogP contribution in [0.5, 0.6) is 0 Å². The summed E-state index contributed by atoms with van der Waals surface area (Å²) < 4.78 is 8.88. The zero-order chi connectivity index (χ0) is 4.50. The van der Waals surface area contributed by atoms with Crippen molar-refractivity contribution < 1.29 is 112 Å². The summed E-state index contributed by atoms with van der Waals surface area (Å²) in [7, 11) is -4.64. The van der Waals surface area contributed by atoms with Gasteiger partial charge < -0.3 is 19.0 Å². The van der Waals surface area contributed by atoms with E-state index >= 15 is 0 Å². The van der Waals surface area contributed by atoms with E-state index < -0.39 is 7.82 Å². The van der Waals surface area contributed by atoms with Gasteiger partial charge in [0.25, 0.3) is 0 Å². The quantitative estimate of drug-likeness (QED) is 0.236. The molecule has 0 radical (unpaired) electrons. The molecule has 3 N–H and O–H groups in total. The first kappa shape index (κ1) is 29.3. The summed E-state index contributed by atoms with van der Waals surface area (Å²) >= 11 is 0. The van der Waals surface area contributed by atoms with Gasteiger partial charge in [0.15, 0.2) is 0 Å². The van der Waals surface area contributed by atoms with E-state index in [1.165, 1.54) is 0 Å². The molecule has 0 aliphatic heterocycles. The number of rotatable bonds is 0. The van der Waals surface area contributed by atoms with E-state index in [-0.39, 0.29) is 117 Å². The standard InChI is InChI=1S/HI.3Na.H3O4P.3H/c;;;;1-5(2,3)4;;;/h1H;;;;(H3,1,2,3,4);;;/q;3*+1;;3*-1. The van der Waals surface area contributed by atoms with Crippen molar-refractivity contribution in [2.24, 2.45) is 0 Å². The summed E-state index contributed by atoms with van der Waals surface area (Å²) in [6.07, 6.45) is 0. The minimum Gasteiger partial charge on any atom is -1.00 e. The molecule has 0 aromatic rings. The Balaban J connectivity index is -0.00000000381. The average Bonchev–Trinajstić information content (AvgIpc) is 0.722. The van der Waals surface area contributed by atoms with E-state index in [1.54, 1.807) is 0 Å². The maximum absolute atomic E-state index is 8.88. The van der Waals surface area contributed by atoms with Crippen molar-refractivity contribution in [2.45, 2.75) is 0 Å². The Morgan fingerprint density at radius 1 is 1.00 bits per heavy atom. The van der Waals surface area contributed by atoms with Gasteiger partial charge >= 0.3 is 96.5 Å². The van der Waals surface area contributed by atoms with Crippen LogP contribution < -0.4 is 88.7 Å². The number of hydrogen-bond acceptors (Lipinski definition) is 1. The second kappa shape index (κ2) is 14.4. The molecule has 0 aliphatic carbocycles. The molecule has 0 aliphatic rings. The van der Waals surface area contributed by atoms with Crippen molar-refractivity contribution in [3.8, 4) is 0 Å². The van der Waals surface area contributed by atoms with Gasteiger partial charge in [-0.25, -0.2) is 4.57 Å². The SMILES string of the molecule is I.O=P(O)(O)O.[H-].[H-].[H-].[Na+].[Na+].[Na+]. The molecule has 0 saturated heterocycles. The first-order valence-electron chi connectivity index (χ1n) is 0.783. The molecule has 0 fully saturated rings. The van der Waals surface area contributed by atoms with Crippen molar-refractivity contribution in [3.05, 3.63) is 0 Å². The number of phosphoric acid groups is 1. The second-order valence-electron chi connectivity index (χ2n) is 0.513. The predicted molar refractivity (Wildman–Crippen MR) is 33.0 cm³/mol. The van der Waals surface area contributed by atoms with E-state index in [0.29, 0.717) is 0 Å². The molecule has 4 nitrogen and oxygen atoms in total. The predicted octanol–water partition coefficient (Wildman–Crippen LogP) is -8.96. The third-order valence-corrected chi connectivity index (χ3v) is 0. The van der Waals surface area contributed by atoms with Gasteiger partial charge in [0.05, 0.1) is 0 Å². The summed E-state index contributed by atoms with van der Waals surface area (Å²) in [5, 5.41) is 0. The molecule has 0 amide bonds. The van der Waals surface area contributed by atoms with E-state index in [9.17, 15) is 0 Å². The fourth-order valence-electron chi connectivity index (χ4n) is 0. The van der Waals surface area contributed by atoms with Crippen molar-refractivity contribution in [1.29, 1.82) is 0 Å². The molecular weight excluding hydrogens is 291 g/mol. The largest absolute Gasteiger partial charge is 1.00 e. The maximum atomic E-state index is 8.88. The van der Waals surface area contributed by atoms with Crippen LogP contribution >= 0.6 is 31.8 Å². The van der Waals surface area contributed by atoms with Crippen molar-refractivity contribution in [2.75, 3.05) is 0 Å². The molecular formula is H7INa3O4P. The van der Waals surface area contributed by atoms with Crippen LogP contribution in [0.3, 0.4) is 0 Å². The fourth-order valence-corrected chi connectivity index (χ4v) is 0. The topological polar surface area (TPSA) is 77.8 Å². The monoisotopic (exact) mass is 298 g/mol. The number of halogens is 1. The summed E-state index contributed by atoms with van der Waals surface area (Å²) in [5.74, 6) is 0. The molecule has 0 spiro atoms. The Morgan fingerprint density at radius 2 is 1.00 bits per heavy atom. The van der Waals surface area contributed by atoms with Gasteiger partial charge in [0, 0.05) is 0 Å². The third-order valence-electron chi connectivity index (χ3n) is 0. The van der Waals surface area contributed by atoms with Crippen molar-refractivity contribution in [3.63, 3.8) is 0 Å². The third kappa shape index (κ3) is 77.7. The van der Waals surface area contributed by atoms with Gasteiger partial charge in [-0.1, -0.05) is 0 Å². The second-order valence-corrected chi connectivity index (χ2v) is 1.54. The van der Waals surface area contributed by atoms with E-state index in [0.717, 1.165) is 0 Å². The van der Waals surface area contributed by atoms with E-state index in [2.05, 4.69) is 0 Å². The smallest absolute Gasteiger partial charge is 1.00 e. The van der Waals surface area contributed by atoms with Gasteiger partial charge in [-0.15, -0.1) is 24.0 Å². The molecule has 0 unspecified atom stereocenters. The van der Waals surface area contributed by atoms with Crippen LogP contribution in [-0.4, -0.2) is 14.7 Å². The molecule has 0 atom stereocenters. The van der Waals surface area contributed by atoms with Crippen LogP contribution in [0.25, 0.3) is 0 Å². The van der Waals surface area contributed by atoms with Gasteiger partial charge in [0.2, 0.25) is 0 Å². The first-order valence-corrected chi connectivity index (χ1v) is 2.35. The van der Waals surface area contributed by atoms with Gasteiger partial charge in [0.1, 0.15) is 0 Å². The maximum Gasteiger partial charge on any atom is 1.00 e. The van der Waals surface area contributed by atoms with Crippen LogP contribution in [0, 0.1) is 0 Å². The first-order chi connectivity index (χ1) is 2.00. The van der Waals surface area contributed by atoms with Crippen LogP contribution in [-0.2, 0) is 4.57 Å². The molecule has 0 heterocycles. The molecule has 0 aromatic carbocycles. The van der Waals surface area contributed by atoms with Gasteiger partial charge in [-0.3, -0.25) is 0 Å². The minimum atomic E-state index is -4.64. The number of hydrogen-bond donors (Lipinski definition) is 3. The molecule has 0 saturated carbocycles. The molecule has 0 rings (SSSR count). The zero-order valence-corrected chi connectivity index (χ0v) is 14.8. The molecule has 0 aromatic heterocycles. The molecule has 46 valence electrons. The Labute approximate surface area is 141 Å². The average molecular weight is 298 g/mol. The molecule has 9 heavy (non-hydrogen) atoms. The summed E-state index contributed by atoms with van der Waals surface area (Å²) in [4.78, 5) is 21.6. The minimum absolute atomic E-state index is 0. The van der Waals surface area contributed by atoms with Crippen LogP contribution in [0.4, 0.5) is 0 Å². The van der Waals surface area contributed by atoms with Gasteiger partial charge in [-0.05, 0) is 0 Å². The Morgan fingerprint density at radius 3 is 1.00 bits per heavy atom. The van der Waals surface area contributed by atoms with Crippen LogP contribution in [0.15, 0.2) is 0 Å². The molecule has 9 heteroatoms. The van der Waals surface area contributed by atoms with E-state index in [1.807, 2.05) is 0 Å². The van der Waals surface area contributed by atoms with Crippen molar-refractivity contribution >= 4 is 31.8 Å². The van der Waals surface area contributed by atoms with E-state index in [4.69, 9.17) is 19.2 Å². The Kier molecular flexibility index (Phi) is 46.8. The summed E-state index contributed by atoms with van der Waals surface area (Å²) in [6, 6.07) is 0.